The van der Waals surface area contributed by atoms with E-state index in [4.69, 9.17) is 4.74 Å². The zero-order valence-corrected chi connectivity index (χ0v) is 16.2. The molecule has 0 radical (unpaired) electrons. The maximum absolute atomic E-state index is 11.8. The summed E-state index contributed by atoms with van der Waals surface area (Å²) in [5.41, 5.74) is 0.812. The molecule has 0 unspecified atom stereocenters. The average molecular weight is 375 g/mol. The van der Waals surface area contributed by atoms with Crippen LogP contribution in [-0.2, 0) is 11.3 Å². The zero-order valence-electron chi connectivity index (χ0n) is 15.3. The van der Waals surface area contributed by atoms with Gasteiger partial charge in [0.2, 0.25) is 0 Å². The van der Waals surface area contributed by atoms with Gasteiger partial charge in [-0.1, -0.05) is 11.3 Å². The molecule has 1 amide bonds. The van der Waals surface area contributed by atoms with Gasteiger partial charge >= 0.3 is 6.09 Å². The SMILES string of the molecule is CN(C)c1ncc(-c2ccc3nnc(CNC(=O)OC(C)(C)C)n3n2)s1. The standard InChI is InChI=1S/C16H21N7O2S/c1-16(2,3)25-15(24)18-9-13-20-19-12-7-6-10(21-23(12)13)11-8-17-14(26-11)22(4)5/h6-8H,9H2,1-5H3,(H,18,24). The molecule has 0 saturated heterocycles. The summed E-state index contributed by atoms with van der Waals surface area (Å²) in [6, 6.07) is 3.71. The summed E-state index contributed by atoms with van der Waals surface area (Å²) in [5.74, 6) is 0.519. The van der Waals surface area contributed by atoms with Crippen LogP contribution in [-0.4, -0.2) is 50.6 Å². The molecule has 3 rings (SSSR count). The molecule has 0 fully saturated rings. The Kier molecular flexibility index (Phi) is 4.77. The minimum Gasteiger partial charge on any atom is -0.444 e. The van der Waals surface area contributed by atoms with Crippen molar-refractivity contribution in [3.8, 4) is 10.6 Å². The maximum atomic E-state index is 11.8. The zero-order chi connectivity index (χ0) is 18.9. The number of alkyl carbamates (subject to hydrolysis) is 1. The summed E-state index contributed by atoms with van der Waals surface area (Å²) in [6.45, 7) is 5.59. The van der Waals surface area contributed by atoms with E-state index >= 15 is 0 Å². The largest absolute Gasteiger partial charge is 0.444 e. The third-order valence-corrected chi connectivity index (χ3v) is 4.43. The van der Waals surface area contributed by atoms with E-state index in [0.29, 0.717) is 11.5 Å². The van der Waals surface area contributed by atoms with Crippen LogP contribution in [0.25, 0.3) is 16.2 Å². The Hall–Kier alpha value is -2.75. The van der Waals surface area contributed by atoms with Gasteiger partial charge in [0.15, 0.2) is 16.6 Å². The average Bonchev–Trinajstić information content (AvgIpc) is 3.18. The Balaban J connectivity index is 1.80. The summed E-state index contributed by atoms with van der Waals surface area (Å²) in [6.07, 6.45) is 1.28. The highest BCUT2D eigenvalue weighted by molar-refractivity contribution is 7.18. The number of fused-ring (bicyclic) bond motifs is 1. The number of hydrogen-bond acceptors (Lipinski definition) is 8. The molecule has 9 nitrogen and oxygen atoms in total. The van der Waals surface area contributed by atoms with Crippen molar-refractivity contribution in [2.24, 2.45) is 0 Å². The van der Waals surface area contributed by atoms with E-state index in [2.05, 4.69) is 25.6 Å². The van der Waals surface area contributed by atoms with Crippen molar-refractivity contribution in [1.29, 1.82) is 0 Å². The Labute approximate surface area is 155 Å². The first-order chi connectivity index (χ1) is 12.2. The van der Waals surface area contributed by atoms with Gasteiger partial charge in [0.05, 0.1) is 11.4 Å². The van der Waals surface area contributed by atoms with Gasteiger partial charge in [-0.05, 0) is 32.9 Å². The lowest BCUT2D eigenvalue weighted by atomic mass is 10.2. The summed E-state index contributed by atoms with van der Waals surface area (Å²) in [7, 11) is 3.89. The van der Waals surface area contributed by atoms with Crippen LogP contribution in [0.3, 0.4) is 0 Å². The topological polar surface area (TPSA) is 97.5 Å². The van der Waals surface area contributed by atoms with Crippen molar-refractivity contribution in [1.82, 2.24) is 30.1 Å². The van der Waals surface area contributed by atoms with Crippen molar-refractivity contribution in [3.63, 3.8) is 0 Å². The number of thiazole rings is 1. The summed E-state index contributed by atoms with van der Waals surface area (Å²) < 4.78 is 6.84. The van der Waals surface area contributed by atoms with Gasteiger partial charge in [-0.25, -0.2) is 9.78 Å². The number of hydrogen-bond donors (Lipinski definition) is 1. The number of nitrogens with zero attached hydrogens (tertiary/aromatic N) is 6. The number of rotatable bonds is 4. The molecular formula is C16H21N7O2S. The van der Waals surface area contributed by atoms with E-state index in [1.54, 1.807) is 22.0 Å². The van der Waals surface area contributed by atoms with Gasteiger partial charge in [0.1, 0.15) is 11.3 Å². The van der Waals surface area contributed by atoms with E-state index < -0.39 is 11.7 Å². The normalized spacial score (nSPS) is 11.6. The van der Waals surface area contributed by atoms with Gasteiger partial charge in [0, 0.05) is 20.3 Å². The number of aromatic nitrogens is 5. The second-order valence-electron chi connectivity index (χ2n) is 6.86. The lowest BCUT2D eigenvalue weighted by Gasteiger charge is -2.19. The second kappa shape index (κ2) is 6.87. The number of ether oxygens (including phenoxy) is 1. The summed E-state index contributed by atoms with van der Waals surface area (Å²) in [5, 5.41) is 16.3. The number of anilines is 1. The molecule has 3 heterocycles. The molecular weight excluding hydrogens is 354 g/mol. The van der Waals surface area contributed by atoms with E-state index in [0.717, 1.165) is 15.7 Å². The molecule has 0 aliphatic rings. The fraction of sp³-hybridized carbons (Fsp3) is 0.438. The molecule has 0 bridgehead atoms. The quantitative estimate of drug-likeness (QED) is 0.747. The van der Waals surface area contributed by atoms with E-state index in [9.17, 15) is 4.79 Å². The van der Waals surface area contributed by atoms with Crippen molar-refractivity contribution in [2.75, 3.05) is 19.0 Å². The van der Waals surface area contributed by atoms with Gasteiger partial charge in [-0.3, -0.25) is 0 Å². The van der Waals surface area contributed by atoms with Gasteiger partial charge in [0.25, 0.3) is 0 Å². The van der Waals surface area contributed by atoms with E-state index in [1.165, 1.54) is 0 Å². The minimum atomic E-state index is -0.557. The third-order valence-electron chi connectivity index (χ3n) is 3.25. The van der Waals surface area contributed by atoms with Crippen LogP contribution in [0.2, 0.25) is 0 Å². The van der Waals surface area contributed by atoms with Crippen LogP contribution in [0.5, 0.6) is 0 Å². The van der Waals surface area contributed by atoms with Crippen LogP contribution in [0, 0.1) is 0 Å². The van der Waals surface area contributed by atoms with E-state index in [-0.39, 0.29) is 6.54 Å². The smallest absolute Gasteiger partial charge is 0.408 e. The van der Waals surface area contributed by atoms with Crippen molar-refractivity contribution in [2.45, 2.75) is 32.9 Å². The fourth-order valence-corrected chi connectivity index (χ4v) is 2.93. The van der Waals surface area contributed by atoms with Crippen LogP contribution >= 0.6 is 11.3 Å². The first-order valence-corrected chi connectivity index (χ1v) is 8.86. The molecule has 0 atom stereocenters. The molecule has 3 aromatic rings. The van der Waals surface area contributed by atoms with Crippen LogP contribution in [0.1, 0.15) is 26.6 Å². The van der Waals surface area contributed by atoms with Crippen LogP contribution in [0.15, 0.2) is 18.3 Å². The highest BCUT2D eigenvalue weighted by Gasteiger charge is 2.17. The molecule has 0 saturated carbocycles. The van der Waals surface area contributed by atoms with Crippen LogP contribution < -0.4 is 10.2 Å². The highest BCUT2D eigenvalue weighted by atomic mass is 32.1. The number of carbonyl (C=O) groups is 1. The number of carbonyl (C=O) groups excluding carboxylic acids is 1. The highest BCUT2D eigenvalue weighted by Crippen LogP contribution is 2.28. The van der Waals surface area contributed by atoms with Crippen molar-refractivity contribution in [3.05, 3.63) is 24.2 Å². The number of nitrogens with one attached hydrogen (secondary N) is 1. The van der Waals surface area contributed by atoms with Gasteiger partial charge in [-0.2, -0.15) is 9.61 Å². The van der Waals surface area contributed by atoms with Gasteiger partial charge in [-0.15, -0.1) is 10.2 Å². The Morgan fingerprint density at radius 3 is 2.73 bits per heavy atom. The molecule has 10 heteroatoms. The number of amides is 1. The predicted molar refractivity (Wildman–Crippen MR) is 99.3 cm³/mol. The molecule has 0 aromatic carbocycles. The second-order valence-corrected chi connectivity index (χ2v) is 7.87. The lowest BCUT2D eigenvalue weighted by molar-refractivity contribution is 0.0522. The molecule has 138 valence electrons. The monoisotopic (exact) mass is 375 g/mol. The molecule has 26 heavy (non-hydrogen) atoms. The molecule has 0 aliphatic carbocycles. The van der Waals surface area contributed by atoms with E-state index in [1.807, 2.05) is 51.9 Å². The first-order valence-electron chi connectivity index (χ1n) is 8.04. The third kappa shape index (κ3) is 4.07. The van der Waals surface area contributed by atoms with Crippen LogP contribution in [0.4, 0.5) is 9.93 Å². The molecule has 0 spiro atoms. The van der Waals surface area contributed by atoms with Crippen molar-refractivity contribution >= 4 is 28.2 Å². The fourth-order valence-electron chi connectivity index (χ4n) is 2.13. The minimum absolute atomic E-state index is 0.165. The Bertz CT molecular complexity index is 926. The summed E-state index contributed by atoms with van der Waals surface area (Å²) in [4.78, 5) is 19.1. The maximum Gasteiger partial charge on any atom is 0.408 e. The van der Waals surface area contributed by atoms with Gasteiger partial charge < -0.3 is 15.0 Å². The Morgan fingerprint density at radius 2 is 2.08 bits per heavy atom. The molecule has 3 aromatic heterocycles. The first kappa shape index (κ1) is 18.1. The summed E-state index contributed by atoms with van der Waals surface area (Å²) >= 11 is 1.54. The predicted octanol–water partition coefficient (Wildman–Crippen LogP) is 2.34. The lowest BCUT2D eigenvalue weighted by Crippen LogP contribution is -2.32. The molecule has 1 N–H and O–H groups in total. The molecule has 0 aliphatic heterocycles. The Morgan fingerprint density at radius 1 is 1.31 bits per heavy atom. The van der Waals surface area contributed by atoms with Crippen molar-refractivity contribution < 1.29 is 9.53 Å².